The van der Waals surface area contributed by atoms with Gasteiger partial charge in [0, 0.05) is 31.3 Å². The smallest absolute Gasteiger partial charge is 0.404 e. The fourth-order valence-corrected chi connectivity index (χ4v) is 1.25. The van der Waals surface area contributed by atoms with E-state index in [1.807, 2.05) is 0 Å². The van der Waals surface area contributed by atoms with Crippen molar-refractivity contribution in [2.75, 3.05) is 14.1 Å². The molecule has 0 aliphatic heterocycles. The van der Waals surface area contributed by atoms with Gasteiger partial charge in [-0.15, -0.1) is 0 Å². The first kappa shape index (κ1) is 12.5. The number of halogens is 1. The van der Waals surface area contributed by atoms with Gasteiger partial charge in [0.25, 0.3) is 5.91 Å². The van der Waals surface area contributed by atoms with Gasteiger partial charge in [-0.05, 0) is 17.7 Å². The molecule has 0 atom stereocenters. The minimum absolute atomic E-state index is 0.0664. The summed E-state index contributed by atoms with van der Waals surface area (Å²) >= 11 is 5.04. The molecule has 1 aromatic carbocycles. The summed E-state index contributed by atoms with van der Waals surface area (Å²) in [5.74, 6) is -0.0981. The second-order valence-corrected chi connectivity index (χ2v) is 3.73. The van der Waals surface area contributed by atoms with Crippen LogP contribution in [0.1, 0.15) is 15.9 Å². The summed E-state index contributed by atoms with van der Waals surface area (Å²) in [7, 11) is 3.35. The molecule has 0 aliphatic rings. The number of ether oxygens (including phenoxy) is 1. The second-order valence-electron chi connectivity index (χ2n) is 3.43. The average Bonchev–Trinajstić information content (AvgIpc) is 2.25. The van der Waals surface area contributed by atoms with Crippen molar-refractivity contribution in [2.24, 2.45) is 0 Å². The van der Waals surface area contributed by atoms with Crippen molar-refractivity contribution in [2.45, 2.75) is 6.61 Å². The number of nitrogens with zero attached hydrogens (tertiary/aromatic N) is 1. The Morgan fingerprint density at radius 1 is 1.38 bits per heavy atom. The summed E-state index contributed by atoms with van der Waals surface area (Å²) in [5.41, 5.74) is 0.416. The van der Waals surface area contributed by atoms with Crippen LogP contribution in [-0.4, -0.2) is 30.3 Å². The molecule has 1 amide bonds. The molecule has 0 aromatic heterocycles. The average molecular weight is 242 g/mol. The topological polar surface area (TPSA) is 46.6 Å². The number of benzene rings is 1. The highest BCUT2D eigenvalue weighted by Gasteiger charge is 2.08. The Hall–Kier alpha value is -1.55. The Kier molecular flexibility index (Phi) is 4.31. The summed E-state index contributed by atoms with van der Waals surface area (Å²) in [5, 5.41) is 0. The van der Waals surface area contributed by atoms with E-state index < -0.39 is 5.43 Å². The van der Waals surface area contributed by atoms with Crippen molar-refractivity contribution in [3.63, 3.8) is 0 Å². The van der Waals surface area contributed by atoms with Crippen LogP contribution in [0.5, 0.6) is 0 Å². The largest absolute Gasteiger partial charge is 0.449 e. The van der Waals surface area contributed by atoms with Crippen LogP contribution in [0.25, 0.3) is 0 Å². The van der Waals surface area contributed by atoms with Gasteiger partial charge in [0.15, 0.2) is 0 Å². The Morgan fingerprint density at radius 2 is 2.06 bits per heavy atom. The summed E-state index contributed by atoms with van der Waals surface area (Å²) in [6, 6.07) is 6.86. The van der Waals surface area contributed by atoms with E-state index in [9.17, 15) is 9.59 Å². The molecule has 5 heteroatoms. The van der Waals surface area contributed by atoms with Gasteiger partial charge in [0.05, 0.1) is 0 Å². The normalized spacial score (nSPS) is 9.69. The van der Waals surface area contributed by atoms with E-state index in [1.165, 1.54) is 4.90 Å². The van der Waals surface area contributed by atoms with E-state index >= 15 is 0 Å². The highest BCUT2D eigenvalue weighted by atomic mass is 35.5. The molecule has 0 radical (unpaired) electrons. The van der Waals surface area contributed by atoms with Crippen LogP contribution in [0.3, 0.4) is 0 Å². The van der Waals surface area contributed by atoms with Crippen LogP contribution in [0.2, 0.25) is 0 Å². The number of carbonyl (C=O) groups excluding carboxylic acids is 2. The van der Waals surface area contributed by atoms with Gasteiger partial charge in [-0.1, -0.05) is 12.1 Å². The van der Waals surface area contributed by atoms with Crippen LogP contribution in [0, 0.1) is 0 Å². The maximum Gasteiger partial charge on any atom is 0.404 e. The molecule has 0 heterocycles. The molecule has 1 rings (SSSR count). The van der Waals surface area contributed by atoms with Crippen LogP contribution in [0.4, 0.5) is 4.79 Å². The number of carbonyl (C=O) groups is 2. The molecule has 0 saturated heterocycles. The van der Waals surface area contributed by atoms with Gasteiger partial charge >= 0.3 is 5.43 Å². The molecule has 0 fully saturated rings. The van der Waals surface area contributed by atoms with Crippen molar-refractivity contribution in [3.8, 4) is 0 Å². The van der Waals surface area contributed by atoms with Gasteiger partial charge in [-0.25, -0.2) is 4.79 Å². The molecular formula is C11H12ClNO3. The molecule has 0 aliphatic carbocycles. The Balaban J connectivity index is 2.78. The lowest BCUT2D eigenvalue weighted by molar-refractivity contribution is 0.0827. The quantitative estimate of drug-likeness (QED) is 0.763. The number of amides is 1. The second kappa shape index (κ2) is 5.51. The van der Waals surface area contributed by atoms with E-state index in [1.54, 1.807) is 38.4 Å². The van der Waals surface area contributed by atoms with E-state index in [-0.39, 0.29) is 12.5 Å². The first-order valence-corrected chi connectivity index (χ1v) is 5.01. The van der Waals surface area contributed by atoms with Crippen molar-refractivity contribution in [1.82, 2.24) is 4.90 Å². The molecule has 86 valence electrons. The Bertz CT molecular complexity index is 404. The zero-order chi connectivity index (χ0) is 12.1. The first-order valence-electron chi connectivity index (χ1n) is 4.63. The highest BCUT2D eigenvalue weighted by Crippen LogP contribution is 2.09. The van der Waals surface area contributed by atoms with Crippen molar-refractivity contribution in [3.05, 3.63) is 35.4 Å². The van der Waals surface area contributed by atoms with Gasteiger partial charge in [0.2, 0.25) is 0 Å². The molecule has 0 bridgehead atoms. The SMILES string of the molecule is CN(C)C(=O)c1cccc(COC(=O)Cl)c1. The third-order valence-electron chi connectivity index (χ3n) is 1.93. The fraction of sp³-hybridized carbons (Fsp3) is 0.273. The minimum Gasteiger partial charge on any atom is -0.449 e. The first-order chi connectivity index (χ1) is 7.50. The van der Waals surface area contributed by atoms with Crippen LogP contribution in [0.15, 0.2) is 24.3 Å². The van der Waals surface area contributed by atoms with Gasteiger partial charge < -0.3 is 9.64 Å². The van der Waals surface area contributed by atoms with Gasteiger partial charge in [-0.3, -0.25) is 4.79 Å². The van der Waals surface area contributed by atoms with E-state index in [2.05, 4.69) is 4.74 Å². The standard InChI is InChI=1S/C11H12ClNO3/c1-13(2)10(14)9-5-3-4-8(6-9)7-16-11(12)15/h3-6H,7H2,1-2H3. The Morgan fingerprint density at radius 3 is 2.62 bits per heavy atom. The lowest BCUT2D eigenvalue weighted by atomic mass is 10.1. The van der Waals surface area contributed by atoms with Crippen LogP contribution < -0.4 is 0 Å². The lowest BCUT2D eigenvalue weighted by Gasteiger charge is -2.10. The molecule has 0 spiro atoms. The lowest BCUT2D eigenvalue weighted by Crippen LogP contribution is -2.21. The number of hydrogen-bond acceptors (Lipinski definition) is 3. The summed E-state index contributed by atoms with van der Waals surface area (Å²) in [4.78, 5) is 23.5. The van der Waals surface area contributed by atoms with Crippen molar-refractivity contribution >= 4 is 22.9 Å². The van der Waals surface area contributed by atoms with Crippen molar-refractivity contribution in [1.29, 1.82) is 0 Å². The van der Waals surface area contributed by atoms with Crippen molar-refractivity contribution < 1.29 is 14.3 Å². The zero-order valence-corrected chi connectivity index (χ0v) is 9.82. The van der Waals surface area contributed by atoms with E-state index in [0.717, 1.165) is 5.56 Å². The fourth-order valence-electron chi connectivity index (χ4n) is 1.19. The molecule has 1 aromatic rings. The third kappa shape index (κ3) is 3.55. The predicted octanol–water partition coefficient (Wildman–Crippen LogP) is 2.26. The summed E-state index contributed by atoms with van der Waals surface area (Å²) < 4.78 is 4.62. The monoisotopic (exact) mass is 241 g/mol. The zero-order valence-electron chi connectivity index (χ0n) is 9.07. The Labute approximate surface area is 98.8 Å². The van der Waals surface area contributed by atoms with Crippen LogP contribution in [-0.2, 0) is 11.3 Å². The molecule has 0 N–H and O–H groups in total. The molecular weight excluding hydrogens is 230 g/mol. The third-order valence-corrected chi connectivity index (χ3v) is 2.04. The van der Waals surface area contributed by atoms with Gasteiger partial charge in [0.1, 0.15) is 6.61 Å². The molecule has 0 saturated carbocycles. The minimum atomic E-state index is -0.857. The molecule has 16 heavy (non-hydrogen) atoms. The van der Waals surface area contributed by atoms with E-state index in [0.29, 0.717) is 5.56 Å². The summed E-state index contributed by atoms with van der Waals surface area (Å²) in [6.07, 6.45) is 0. The maximum atomic E-state index is 11.6. The van der Waals surface area contributed by atoms with Crippen LogP contribution >= 0.6 is 11.6 Å². The molecule has 4 nitrogen and oxygen atoms in total. The maximum absolute atomic E-state index is 11.6. The number of hydrogen-bond donors (Lipinski definition) is 0. The molecule has 0 unspecified atom stereocenters. The highest BCUT2D eigenvalue weighted by molar-refractivity contribution is 6.61. The number of rotatable bonds is 3. The van der Waals surface area contributed by atoms with Gasteiger partial charge in [-0.2, -0.15) is 0 Å². The van der Waals surface area contributed by atoms with E-state index in [4.69, 9.17) is 11.6 Å². The predicted molar refractivity (Wildman–Crippen MR) is 60.5 cm³/mol. The summed E-state index contributed by atoms with van der Waals surface area (Å²) in [6.45, 7) is 0.0664.